The van der Waals surface area contributed by atoms with Gasteiger partial charge in [-0.3, -0.25) is 13.9 Å². The Balaban J connectivity index is 1.87. The van der Waals surface area contributed by atoms with Gasteiger partial charge in [0, 0.05) is 35.6 Å². The van der Waals surface area contributed by atoms with Gasteiger partial charge in [-0.1, -0.05) is 84.7 Å². The van der Waals surface area contributed by atoms with Crippen LogP contribution in [0.1, 0.15) is 24.5 Å². The van der Waals surface area contributed by atoms with Gasteiger partial charge in [0.05, 0.1) is 24.8 Å². The van der Waals surface area contributed by atoms with Crippen molar-refractivity contribution < 1.29 is 27.5 Å². The van der Waals surface area contributed by atoms with Gasteiger partial charge in [-0.25, -0.2) is 8.42 Å². The number of hydrogen-bond acceptors (Lipinski definition) is 6. The van der Waals surface area contributed by atoms with Crippen molar-refractivity contribution in [3.8, 4) is 11.5 Å². The molecule has 12 heteroatoms. The number of anilines is 1. The van der Waals surface area contributed by atoms with Gasteiger partial charge in [0.2, 0.25) is 11.8 Å². The smallest absolute Gasteiger partial charge is 0.264 e. The minimum Gasteiger partial charge on any atom is -0.497 e. The Kier molecular flexibility index (Phi) is 12.5. The molecule has 0 spiro atoms. The summed E-state index contributed by atoms with van der Waals surface area (Å²) in [7, 11) is -1.48. The standard InChI is InChI=1S/C35H37Cl2N3O6S/c1-4-19-38-35(42)32(20-25-11-7-5-8-12-25)39(23-26-15-16-27(36)21-30(26)37)34(41)24-40(47(43,44)29-13-9-6-10-14-29)31-22-28(45-2)17-18-33(31)46-3/h5-18,21-22,32H,4,19-20,23-24H2,1-3H3,(H,38,42). The lowest BCUT2D eigenvalue weighted by Crippen LogP contribution is -2.53. The minimum atomic E-state index is -4.34. The molecule has 4 aromatic carbocycles. The molecule has 0 bridgehead atoms. The highest BCUT2D eigenvalue weighted by atomic mass is 35.5. The number of methoxy groups -OCH3 is 2. The quantitative estimate of drug-likeness (QED) is 0.155. The lowest BCUT2D eigenvalue weighted by Gasteiger charge is -2.34. The van der Waals surface area contributed by atoms with Crippen molar-refractivity contribution in [2.75, 3.05) is 31.6 Å². The monoisotopic (exact) mass is 697 g/mol. The Morgan fingerprint density at radius 1 is 0.872 bits per heavy atom. The number of carbonyl (C=O) groups is 2. The molecule has 2 amide bonds. The van der Waals surface area contributed by atoms with Crippen LogP contribution in [0.3, 0.4) is 0 Å². The maximum absolute atomic E-state index is 14.7. The molecule has 47 heavy (non-hydrogen) atoms. The molecule has 9 nitrogen and oxygen atoms in total. The number of hydrogen-bond donors (Lipinski definition) is 1. The number of rotatable bonds is 15. The second kappa shape index (κ2) is 16.5. The van der Waals surface area contributed by atoms with Gasteiger partial charge in [0.15, 0.2) is 0 Å². The predicted octanol–water partition coefficient (Wildman–Crippen LogP) is 6.37. The molecule has 1 N–H and O–H groups in total. The van der Waals surface area contributed by atoms with Crippen molar-refractivity contribution in [1.82, 2.24) is 10.2 Å². The molecule has 0 saturated heterocycles. The van der Waals surface area contributed by atoms with Crippen LogP contribution in [0, 0.1) is 0 Å². The van der Waals surface area contributed by atoms with E-state index in [1.165, 1.54) is 37.3 Å². The number of nitrogens with zero attached hydrogens (tertiary/aromatic N) is 2. The number of carbonyl (C=O) groups excluding carboxylic acids is 2. The van der Waals surface area contributed by atoms with E-state index in [2.05, 4.69) is 5.32 Å². The maximum Gasteiger partial charge on any atom is 0.264 e. The molecular weight excluding hydrogens is 661 g/mol. The highest BCUT2D eigenvalue weighted by molar-refractivity contribution is 7.92. The van der Waals surface area contributed by atoms with Crippen LogP contribution >= 0.6 is 23.2 Å². The number of ether oxygens (including phenoxy) is 2. The molecule has 0 aromatic heterocycles. The van der Waals surface area contributed by atoms with E-state index in [0.29, 0.717) is 34.3 Å². The van der Waals surface area contributed by atoms with Crippen molar-refractivity contribution in [1.29, 1.82) is 0 Å². The van der Waals surface area contributed by atoms with Crippen LogP contribution in [0.2, 0.25) is 10.0 Å². The lowest BCUT2D eigenvalue weighted by molar-refractivity contribution is -0.140. The van der Waals surface area contributed by atoms with E-state index in [4.69, 9.17) is 32.7 Å². The molecular formula is C35H37Cl2N3O6S. The molecule has 0 fully saturated rings. The molecule has 248 valence electrons. The third kappa shape index (κ3) is 8.97. The van der Waals surface area contributed by atoms with Gasteiger partial charge in [-0.2, -0.15) is 0 Å². The van der Waals surface area contributed by atoms with Crippen molar-refractivity contribution in [2.45, 2.75) is 37.2 Å². The first kappa shape index (κ1) is 35.6. The number of halogens is 2. The Labute approximate surface area is 286 Å². The first-order chi connectivity index (χ1) is 22.6. The van der Waals surface area contributed by atoms with Gasteiger partial charge in [-0.05, 0) is 53.9 Å². The Hall–Kier alpha value is -4.25. The fraction of sp³-hybridized carbons (Fsp3) is 0.257. The van der Waals surface area contributed by atoms with Gasteiger partial charge >= 0.3 is 0 Å². The Bertz CT molecular complexity index is 1780. The van der Waals surface area contributed by atoms with Crippen molar-refractivity contribution in [3.05, 3.63) is 118 Å². The zero-order valence-corrected chi connectivity index (χ0v) is 28.7. The molecule has 4 rings (SSSR count). The average Bonchev–Trinajstić information content (AvgIpc) is 3.08. The van der Waals surface area contributed by atoms with Crippen LogP contribution in [-0.2, 0) is 32.6 Å². The lowest BCUT2D eigenvalue weighted by atomic mass is 10.0. The zero-order valence-electron chi connectivity index (χ0n) is 26.4. The van der Waals surface area contributed by atoms with E-state index in [-0.39, 0.29) is 35.2 Å². The fourth-order valence-electron chi connectivity index (χ4n) is 4.98. The highest BCUT2D eigenvalue weighted by Gasteiger charge is 2.36. The zero-order chi connectivity index (χ0) is 34.0. The van der Waals surface area contributed by atoms with E-state index >= 15 is 0 Å². The molecule has 0 heterocycles. The summed E-state index contributed by atoms with van der Waals surface area (Å²) in [6.45, 7) is 1.55. The molecule has 0 radical (unpaired) electrons. The van der Waals surface area contributed by atoms with Crippen molar-refractivity contribution >= 4 is 50.7 Å². The minimum absolute atomic E-state index is 0.0357. The van der Waals surface area contributed by atoms with E-state index in [0.717, 1.165) is 9.87 Å². The normalized spacial score (nSPS) is 11.8. The van der Waals surface area contributed by atoms with Crippen LogP contribution in [0.4, 0.5) is 5.69 Å². The summed E-state index contributed by atoms with van der Waals surface area (Å²) in [5.74, 6) is -0.474. The second-order valence-electron chi connectivity index (χ2n) is 10.6. The summed E-state index contributed by atoms with van der Waals surface area (Å²) in [5, 5.41) is 3.62. The Morgan fingerprint density at radius 2 is 1.55 bits per heavy atom. The number of sulfonamides is 1. The molecule has 1 unspecified atom stereocenters. The summed E-state index contributed by atoms with van der Waals surface area (Å²) in [6, 6.07) is 25.6. The van der Waals surface area contributed by atoms with Crippen molar-refractivity contribution in [3.63, 3.8) is 0 Å². The molecule has 4 aromatic rings. The van der Waals surface area contributed by atoms with E-state index < -0.39 is 28.5 Å². The molecule has 1 atom stereocenters. The van der Waals surface area contributed by atoms with E-state index in [1.54, 1.807) is 48.5 Å². The number of amides is 2. The highest BCUT2D eigenvalue weighted by Crippen LogP contribution is 2.36. The van der Waals surface area contributed by atoms with Gasteiger partial charge in [0.1, 0.15) is 24.1 Å². The van der Waals surface area contributed by atoms with Gasteiger partial charge in [0.25, 0.3) is 10.0 Å². The van der Waals surface area contributed by atoms with Crippen LogP contribution in [0.25, 0.3) is 0 Å². The van der Waals surface area contributed by atoms with Crippen molar-refractivity contribution in [2.24, 2.45) is 0 Å². The average molecular weight is 699 g/mol. The predicted molar refractivity (Wildman–Crippen MR) is 185 cm³/mol. The van der Waals surface area contributed by atoms with Gasteiger partial charge in [-0.15, -0.1) is 0 Å². The summed E-state index contributed by atoms with van der Waals surface area (Å²) in [5.41, 5.74) is 1.43. The second-order valence-corrected chi connectivity index (χ2v) is 13.3. The van der Waals surface area contributed by atoms with Crippen LogP contribution in [0.15, 0.2) is 102 Å². The first-order valence-electron chi connectivity index (χ1n) is 14.9. The summed E-state index contributed by atoms with van der Waals surface area (Å²) >= 11 is 12.7. The van der Waals surface area contributed by atoms with Crippen LogP contribution < -0.4 is 19.1 Å². The fourth-order valence-corrected chi connectivity index (χ4v) is 6.88. The third-order valence-electron chi connectivity index (χ3n) is 7.44. The number of benzene rings is 4. The Morgan fingerprint density at radius 3 is 2.17 bits per heavy atom. The topological polar surface area (TPSA) is 105 Å². The summed E-state index contributed by atoms with van der Waals surface area (Å²) in [6.07, 6.45) is 0.848. The van der Waals surface area contributed by atoms with Gasteiger partial charge < -0.3 is 19.7 Å². The van der Waals surface area contributed by atoms with Crippen LogP contribution in [-0.4, -0.2) is 58.5 Å². The molecule has 0 aliphatic carbocycles. The maximum atomic E-state index is 14.7. The third-order valence-corrected chi connectivity index (χ3v) is 9.80. The van der Waals surface area contributed by atoms with E-state index in [1.807, 2.05) is 37.3 Å². The largest absolute Gasteiger partial charge is 0.497 e. The molecule has 0 saturated carbocycles. The molecule has 0 aliphatic heterocycles. The van der Waals surface area contributed by atoms with E-state index in [9.17, 15) is 18.0 Å². The summed E-state index contributed by atoms with van der Waals surface area (Å²) in [4.78, 5) is 29.8. The van der Waals surface area contributed by atoms with Crippen LogP contribution in [0.5, 0.6) is 11.5 Å². The molecule has 0 aliphatic rings. The number of nitrogens with one attached hydrogen (secondary N) is 1. The first-order valence-corrected chi connectivity index (χ1v) is 17.1. The SMILES string of the molecule is CCCNC(=O)C(Cc1ccccc1)N(Cc1ccc(Cl)cc1Cl)C(=O)CN(c1cc(OC)ccc1OC)S(=O)(=O)c1ccccc1. The summed E-state index contributed by atoms with van der Waals surface area (Å²) < 4.78 is 40.5.